The Labute approximate surface area is 179 Å². The first kappa shape index (κ1) is 21.5. The molecule has 2 aliphatic rings. The molecule has 5 N–H and O–H groups in total. The molecule has 4 rings (SSSR count). The molecule has 162 valence electrons. The van der Waals surface area contributed by atoms with E-state index < -0.39 is 35.3 Å². The van der Waals surface area contributed by atoms with Gasteiger partial charge in [0.25, 0.3) is 0 Å². The molecule has 0 unspecified atom stereocenters. The largest absolute Gasteiger partial charge is 0.508 e. The minimum Gasteiger partial charge on any atom is -0.508 e. The van der Waals surface area contributed by atoms with Crippen molar-refractivity contribution in [3.05, 3.63) is 64.2 Å². The van der Waals surface area contributed by atoms with Crippen molar-refractivity contribution in [2.75, 3.05) is 6.61 Å². The summed E-state index contributed by atoms with van der Waals surface area (Å²) < 4.78 is 11.9. The van der Waals surface area contributed by atoms with Gasteiger partial charge >= 0.3 is 0 Å². The Morgan fingerprint density at radius 3 is 2.37 bits per heavy atom. The maximum atomic E-state index is 10.8. The van der Waals surface area contributed by atoms with Crippen LogP contribution in [-0.2, 0) is 21.7 Å². The van der Waals surface area contributed by atoms with Crippen LogP contribution in [0.4, 0.5) is 0 Å². The Morgan fingerprint density at radius 1 is 1.07 bits per heavy atom. The number of hydrogen-bond acceptors (Lipinski definition) is 7. The Morgan fingerprint density at radius 2 is 1.73 bits per heavy atom. The highest BCUT2D eigenvalue weighted by molar-refractivity contribution is 6.31. The number of ether oxygens (including phenoxy) is 2. The highest BCUT2D eigenvalue weighted by Crippen LogP contribution is 2.53. The Hall–Kier alpha value is -1.71. The molecule has 8 heteroatoms. The van der Waals surface area contributed by atoms with Gasteiger partial charge in [-0.25, -0.2) is 0 Å². The van der Waals surface area contributed by atoms with Crippen molar-refractivity contribution < 1.29 is 35.0 Å². The number of aliphatic hydroxyl groups is 4. The van der Waals surface area contributed by atoms with Crippen LogP contribution in [0.15, 0.2) is 42.5 Å². The third-order valence-electron chi connectivity index (χ3n) is 6.16. The third-order valence-corrected chi connectivity index (χ3v) is 6.53. The summed E-state index contributed by atoms with van der Waals surface area (Å²) in [6.07, 6.45) is -4.29. The van der Waals surface area contributed by atoms with Crippen molar-refractivity contribution in [2.45, 2.75) is 55.6 Å². The molecule has 2 heterocycles. The Balaban J connectivity index is 1.75. The van der Waals surface area contributed by atoms with E-state index >= 15 is 0 Å². The normalized spacial score (nSPS) is 33.6. The number of aromatic hydroxyl groups is 1. The molecule has 0 spiro atoms. The van der Waals surface area contributed by atoms with Gasteiger partial charge in [0.15, 0.2) is 5.60 Å². The number of aliphatic hydroxyl groups excluding tert-OH is 3. The zero-order valence-corrected chi connectivity index (χ0v) is 17.4. The smallest absolute Gasteiger partial charge is 0.225 e. The number of phenolic OH excluding ortho intramolecular Hbond substituents is 1. The zero-order chi connectivity index (χ0) is 21.9. The maximum absolute atomic E-state index is 10.8. The van der Waals surface area contributed by atoms with Gasteiger partial charge in [-0.15, -0.1) is 0 Å². The summed E-state index contributed by atoms with van der Waals surface area (Å²) in [5.74, 6) is -1.61. The van der Waals surface area contributed by atoms with Gasteiger partial charge in [0.05, 0.1) is 12.2 Å². The Bertz CT molecular complexity index is 941. The molecular weight excluding hydrogens is 412 g/mol. The molecule has 2 aromatic rings. The van der Waals surface area contributed by atoms with Crippen molar-refractivity contribution in [3.63, 3.8) is 0 Å². The van der Waals surface area contributed by atoms with Gasteiger partial charge in [0.1, 0.15) is 24.1 Å². The average Bonchev–Trinajstić information content (AvgIpc) is 3.09. The molecule has 7 nitrogen and oxygen atoms in total. The minimum absolute atomic E-state index is 0.158. The molecule has 0 saturated carbocycles. The van der Waals surface area contributed by atoms with Crippen LogP contribution in [0.2, 0.25) is 5.02 Å². The van der Waals surface area contributed by atoms with E-state index in [1.54, 1.807) is 42.5 Å². The topological polar surface area (TPSA) is 120 Å². The number of hydrogen-bond donors (Lipinski definition) is 5. The molecule has 30 heavy (non-hydrogen) atoms. The van der Waals surface area contributed by atoms with E-state index in [0.29, 0.717) is 17.0 Å². The van der Waals surface area contributed by atoms with Crippen LogP contribution in [0.1, 0.15) is 30.5 Å². The lowest BCUT2D eigenvalue weighted by molar-refractivity contribution is -0.348. The lowest BCUT2D eigenvalue weighted by Crippen LogP contribution is -2.70. The summed E-state index contributed by atoms with van der Waals surface area (Å²) >= 11 is 6.38. The van der Waals surface area contributed by atoms with E-state index in [1.165, 1.54) is 13.8 Å². The lowest BCUT2D eigenvalue weighted by Gasteiger charge is -2.50. The van der Waals surface area contributed by atoms with Crippen LogP contribution in [0.5, 0.6) is 5.75 Å². The fourth-order valence-electron chi connectivity index (χ4n) is 4.25. The standard InChI is InChI=1S/C22H25ClO7/c1-20(2,28)21-11-29-22(30-21,19(27)17(25)18(21)26)14-5-8-16(23)13(10-14)9-12-3-6-15(24)7-4-12/h3-8,10,17-19,24-28H,9,11H2,1-2H3/t17-,18-,19+,21-,22-/m0/s1. The molecule has 0 amide bonds. The molecule has 0 radical (unpaired) electrons. The average molecular weight is 437 g/mol. The van der Waals surface area contributed by atoms with Crippen LogP contribution in [0.3, 0.4) is 0 Å². The predicted molar refractivity (Wildman–Crippen MR) is 108 cm³/mol. The van der Waals surface area contributed by atoms with Gasteiger partial charge < -0.3 is 35.0 Å². The van der Waals surface area contributed by atoms with E-state index in [2.05, 4.69) is 0 Å². The number of fused-ring (bicyclic) bond motifs is 2. The fourth-order valence-corrected chi connectivity index (χ4v) is 4.43. The Kier molecular flexibility index (Phi) is 5.14. The number of halogens is 1. The monoisotopic (exact) mass is 436 g/mol. The SMILES string of the molecule is CC(C)(O)[C@@]12CO[C@@](c3ccc(Cl)c(Cc4ccc(O)cc4)c3)(O1)[C@H](O)[C@@H](O)[C@@H]2O. The summed E-state index contributed by atoms with van der Waals surface area (Å²) in [4.78, 5) is 0. The van der Waals surface area contributed by atoms with E-state index in [9.17, 15) is 25.5 Å². The second kappa shape index (κ2) is 7.17. The molecule has 2 saturated heterocycles. The van der Waals surface area contributed by atoms with Crippen LogP contribution < -0.4 is 0 Å². The number of phenols is 1. The highest BCUT2D eigenvalue weighted by Gasteiger charge is 2.71. The summed E-state index contributed by atoms with van der Waals surface area (Å²) in [6, 6.07) is 11.7. The lowest BCUT2D eigenvalue weighted by atomic mass is 9.75. The van der Waals surface area contributed by atoms with Crippen molar-refractivity contribution in [1.29, 1.82) is 0 Å². The molecule has 2 aromatic carbocycles. The third kappa shape index (κ3) is 3.13. The summed E-state index contributed by atoms with van der Waals surface area (Å²) in [5, 5.41) is 52.6. The van der Waals surface area contributed by atoms with Gasteiger partial charge in [0.2, 0.25) is 5.79 Å². The predicted octanol–water partition coefficient (Wildman–Crippen LogP) is 1.44. The van der Waals surface area contributed by atoms with E-state index in [1.807, 2.05) is 0 Å². The minimum atomic E-state index is -1.77. The summed E-state index contributed by atoms with van der Waals surface area (Å²) in [7, 11) is 0. The molecule has 5 atom stereocenters. The van der Waals surface area contributed by atoms with Crippen molar-refractivity contribution >= 4 is 11.6 Å². The summed E-state index contributed by atoms with van der Waals surface area (Å²) in [5.41, 5.74) is -1.15. The van der Waals surface area contributed by atoms with Gasteiger partial charge in [-0.2, -0.15) is 0 Å². The first-order valence-corrected chi connectivity index (χ1v) is 10.1. The van der Waals surface area contributed by atoms with Crippen LogP contribution in [0.25, 0.3) is 0 Å². The second-order valence-corrected chi connectivity index (χ2v) is 8.94. The highest BCUT2D eigenvalue weighted by atomic mass is 35.5. The van der Waals surface area contributed by atoms with Crippen LogP contribution in [-0.4, -0.2) is 61.7 Å². The van der Waals surface area contributed by atoms with E-state index in [0.717, 1.165) is 11.1 Å². The van der Waals surface area contributed by atoms with Crippen molar-refractivity contribution in [3.8, 4) is 5.75 Å². The molecule has 2 aliphatic heterocycles. The molecular formula is C22H25ClO7. The van der Waals surface area contributed by atoms with E-state index in [-0.39, 0.29) is 12.4 Å². The first-order chi connectivity index (χ1) is 14.0. The van der Waals surface area contributed by atoms with Gasteiger partial charge in [-0.1, -0.05) is 29.8 Å². The molecule has 2 fully saturated rings. The number of rotatable bonds is 4. The van der Waals surface area contributed by atoms with Crippen molar-refractivity contribution in [1.82, 2.24) is 0 Å². The number of benzene rings is 2. The van der Waals surface area contributed by atoms with Gasteiger partial charge in [-0.3, -0.25) is 0 Å². The van der Waals surface area contributed by atoms with Gasteiger partial charge in [-0.05, 0) is 55.7 Å². The van der Waals surface area contributed by atoms with Crippen molar-refractivity contribution in [2.24, 2.45) is 0 Å². The maximum Gasteiger partial charge on any atom is 0.225 e. The summed E-state index contributed by atoms with van der Waals surface area (Å²) in [6.45, 7) is 2.69. The fraction of sp³-hybridized carbons (Fsp3) is 0.455. The van der Waals surface area contributed by atoms with E-state index in [4.69, 9.17) is 21.1 Å². The first-order valence-electron chi connectivity index (χ1n) is 9.68. The molecule has 2 bridgehead atoms. The van der Waals surface area contributed by atoms with Crippen LogP contribution >= 0.6 is 11.6 Å². The quantitative estimate of drug-likeness (QED) is 0.492. The molecule has 0 aromatic heterocycles. The second-order valence-electron chi connectivity index (χ2n) is 8.54. The zero-order valence-electron chi connectivity index (χ0n) is 16.6. The van der Waals surface area contributed by atoms with Crippen LogP contribution in [0, 0.1) is 0 Å². The van der Waals surface area contributed by atoms with Gasteiger partial charge in [0, 0.05) is 10.6 Å². The molecule has 0 aliphatic carbocycles.